The van der Waals surface area contributed by atoms with Crippen molar-refractivity contribution in [3.05, 3.63) is 76.7 Å². The molecule has 2 aromatic rings. The molecule has 0 radical (unpaired) electrons. The molecule has 1 saturated heterocycles. The van der Waals surface area contributed by atoms with E-state index in [-0.39, 0.29) is 11.4 Å². The summed E-state index contributed by atoms with van der Waals surface area (Å²) in [7, 11) is 0. The molecule has 1 aliphatic heterocycles. The van der Waals surface area contributed by atoms with E-state index < -0.39 is 17.1 Å². The second-order valence-corrected chi connectivity index (χ2v) is 7.77. The molecular weight excluding hydrogens is 400 g/mol. The molecule has 2 aromatic carbocycles. The van der Waals surface area contributed by atoms with E-state index in [4.69, 9.17) is 4.74 Å². The number of nitrogens with one attached hydrogen (secondary N) is 1. The molecule has 1 aliphatic rings. The Labute approximate surface area is 179 Å². The van der Waals surface area contributed by atoms with Crippen molar-refractivity contribution in [3.63, 3.8) is 0 Å². The third kappa shape index (κ3) is 4.99. The summed E-state index contributed by atoms with van der Waals surface area (Å²) in [5, 5.41) is 2.28. The van der Waals surface area contributed by atoms with Crippen LogP contribution in [0.2, 0.25) is 0 Å². The molecule has 0 saturated carbocycles. The summed E-state index contributed by atoms with van der Waals surface area (Å²) < 4.78 is 5.59. The Hall–Kier alpha value is -3.32. The van der Waals surface area contributed by atoms with Crippen molar-refractivity contribution in [2.24, 2.45) is 0 Å². The van der Waals surface area contributed by atoms with E-state index in [0.717, 1.165) is 27.8 Å². The normalized spacial score (nSPS) is 14.9. The maximum absolute atomic E-state index is 12.7. The van der Waals surface area contributed by atoms with Crippen LogP contribution in [-0.4, -0.2) is 35.1 Å². The van der Waals surface area contributed by atoms with Gasteiger partial charge in [-0.3, -0.25) is 19.3 Å². The first-order chi connectivity index (χ1) is 14.4. The number of hydrogen-bond acceptors (Lipinski definition) is 5. The van der Waals surface area contributed by atoms with Gasteiger partial charge < -0.3 is 10.1 Å². The van der Waals surface area contributed by atoms with Crippen LogP contribution in [0.5, 0.6) is 5.75 Å². The molecule has 0 aromatic heterocycles. The molecule has 30 heavy (non-hydrogen) atoms. The predicted octanol–water partition coefficient (Wildman–Crippen LogP) is 4.54. The van der Waals surface area contributed by atoms with E-state index in [1.807, 2.05) is 38.1 Å². The van der Waals surface area contributed by atoms with Crippen LogP contribution < -0.4 is 10.1 Å². The molecule has 1 heterocycles. The Kier molecular flexibility index (Phi) is 6.74. The lowest BCUT2D eigenvalue weighted by Gasteiger charge is -2.14. The number of carbonyl (C=O) groups is 3. The Bertz CT molecular complexity index is 1050. The van der Waals surface area contributed by atoms with Crippen molar-refractivity contribution < 1.29 is 19.1 Å². The monoisotopic (exact) mass is 422 g/mol. The van der Waals surface area contributed by atoms with Crippen molar-refractivity contribution in [3.8, 4) is 5.75 Å². The summed E-state index contributed by atoms with van der Waals surface area (Å²) in [6.45, 7) is 7.45. The fourth-order valence-corrected chi connectivity index (χ4v) is 3.77. The van der Waals surface area contributed by atoms with E-state index in [1.165, 1.54) is 0 Å². The zero-order chi connectivity index (χ0) is 21.7. The van der Waals surface area contributed by atoms with Crippen LogP contribution in [-0.2, 0) is 9.59 Å². The highest BCUT2D eigenvalue weighted by atomic mass is 32.2. The van der Waals surface area contributed by atoms with Crippen LogP contribution in [0.15, 0.2) is 60.0 Å². The molecule has 1 N–H and O–H groups in total. The minimum Gasteiger partial charge on any atom is -0.489 e. The highest BCUT2D eigenvalue weighted by Crippen LogP contribution is 2.34. The zero-order valence-corrected chi connectivity index (χ0v) is 17.6. The van der Waals surface area contributed by atoms with Gasteiger partial charge in [0.15, 0.2) is 0 Å². The molecule has 154 valence electrons. The van der Waals surface area contributed by atoms with Crippen molar-refractivity contribution in [2.45, 2.75) is 13.8 Å². The number of ether oxygens (including phenoxy) is 1. The summed E-state index contributed by atoms with van der Waals surface area (Å²) in [6.07, 6.45) is 3.23. The summed E-state index contributed by atoms with van der Waals surface area (Å²) in [6, 6.07) is 12.8. The average Bonchev–Trinajstić information content (AvgIpc) is 2.97. The van der Waals surface area contributed by atoms with Gasteiger partial charge in [0.05, 0.1) is 4.91 Å². The highest BCUT2D eigenvalue weighted by molar-refractivity contribution is 8.18. The third-order valence-electron chi connectivity index (χ3n) is 4.39. The lowest BCUT2D eigenvalue weighted by molar-refractivity contribution is -0.127. The van der Waals surface area contributed by atoms with Crippen molar-refractivity contribution in [1.82, 2.24) is 4.90 Å². The van der Waals surface area contributed by atoms with Gasteiger partial charge in [-0.05, 0) is 49.4 Å². The molecule has 3 amide bonds. The molecule has 1 fully saturated rings. The Morgan fingerprint density at radius 1 is 1.20 bits per heavy atom. The quantitative estimate of drug-likeness (QED) is 0.524. The summed E-state index contributed by atoms with van der Waals surface area (Å²) in [5.41, 5.74) is 3.32. The molecule has 7 heteroatoms. The molecule has 3 rings (SSSR count). The van der Waals surface area contributed by atoms with Gasteiger partial charge in [0.25, 0.3) is 11.1 Å². The number of imide groups is 1. The smallest absolute Gasteiger partial charge is 0.294 e. The van der Waals surface area contributed by atoms with Gasteiger partial charge in [0.1, 0.15) is 18.9 Å². The fraction of sp³-hybridized carbons (Fsp3) is 0.174. The number of benzene rings is 2. The van der Waals surface area contributed by atoms with Gasteiger partial charge in [-0.25, -0.2) is 0 Å². The number of rotatable bonds is 7. The lowest BCUT2D eigenvalue weighted by atomic mass is 10.1. The van der Waals surface area contributed by atoms with Crippen molar-refractivity contribution in [2.75, 3.05) is 18.5 Å². The third-order valence-corrected chi connectivity index (χ3v) is 5.30. The zero-order valence-electron chi connectivity index (χ0n) is 16.8. The number of thioether (sulfide) groups is 1. The number of para-hydroxylation sites is 1. The van der Waals surface area contributed by atoms with Gasteiger partial charge in [-0.2, -0.15) is 0 Å². The molecule has 0 unspecified atom stereocenters. The Morgan fingerprint density at radius 3 is 2.70 bits per heavy atom. The van der Waals surface area contributed by atoms with Crippen LogP contribution >= 0.6 is 11.8 Å². The van der Waals surface area contributed by atoms with Crippen LogP contribution in [0.25, 0.3) is 6.08 Å². The maximum Gasteiger partial charge on any atom is 0.294 e. The van der Waals surface area contributed by atoms with Gasteiger partial charge in [-0.15, -0.1) is 0 Å². The summed E-state index contributed by atoms with van der Waals surface area (Å²) in [4.78, 5) is 38.7. The molecule has 0 spiro atoms. The number of nitrogens with zero attached hydrogens (tertiary/aromatic N) is 1. The van der Waals surface area contributed by atoms with E-state index in [2.05, 4.69) is 11.9 Å². The fourth-order valence-electron chi connectivity index (χ4n) is 2.94. The number of aryl methyl sites for hydroxylation is 2. The maximum atomic E-state index is 12.7. The summed E-state index contributed by atoms with van der Waals surface area (Å²) in [5.74, 6) is -0.351. The van der Waals surface area contributed by atoms with Crippen molar-refractivity contribution in [1.29, 1.82) is 0 Å². The van der Waals surface area contributed by atoms with E-state index in [9.17, 15) is 14.4 Å². The van der Waals surface area contributed by atoms with Gasteiger partial charge in [0, 0.05) is 11.3 Å². The molecular formula is C23H22N2O4S. The van der Waals surface area contributed by atoms with Gasteiger partial charge in [-0.1, -0.05) is 48.6 Å². The first-order valence-corrected chi connectivity index (χ1v) is 10.2. The van der Waals surface area contributed by atoms with E-state index in [1.54, 1.807) is 30.4 Å². The number of hydrogen-bond donors (Lipinski definition) is 1. The Morgan fingerprint density at radius 2 is 1.97 bits per heavy atom. The molecule has 0 bridgehead atoms. The largest absolute Gasteiger partial charge is 0.489 e. The van der Waals surface area contributed by atoms with E-state index in [0.29, 0.717) is 23.6 Å². The summed E-state index contributed by atoms with van der Waals surface area (Å²) >= 11 is 0.805. The standard InChI is InChI=1S/C23H22N2O4S/c1-4-11-29-19-8-6-5-7-17(19)13-20-22(27)25(23(28)30-20)14-21(26)24-18-10-9-15(2)12-16(18)3/h4-10,12-13H,1,11,14H2,2-3H3,(H,24,26)/b20-13-. The first-order valence-electron chi connectivity index (χ1n) is 9.34. The average molecular weight is 423 g/mol. The topological polar surface area (TPSA) is 75.7 Å². The van der Waals surface area contributed by atoms with Gasteiger partial charge in [0.2, 0.25) is 5.91 Å². The second kappa shape index (κ2) is 9.45. The van der Waals surface area contributed by atoms with Crippen LogP contribution in [0.4, 0.5) is 10.5 Å². The molecule has 0 aliphatic carbocycles. The Balaban J connectivity index is 1.72. The van der Waals surface area contributed by atoms with Crippen molar-refractivity contribution >= 4 is 40.6 Å². The van der Waals surface area contributed by atoms with Crippen LogP contribution in [0.1, 0.15) is 16.7 Å². The number of anilines is 1. The lowest BCUT2D eigenvalue weighted by Crippen LogP contribution is -2.36. The minimum absolute atomic E-state index is 0.244. The number of amides is 3. The number of carbonyl (C=O) groups excluding carboxylic acids is 3. The second-order valence-electron chi connectivity index (χ2n) is 6.77. The predicted molar refractivity (Wildman–Crippen MR) is 119 cm³/mol. The minimum atomic E-state index is -0.501. The highest BCUT2D eigenvalue weighted by Gasteiger charge is 2.36. The molecule has 6 nitrogen and oxygen atoms in total. The van der Waals surface area contributed by atoms with Crippen LogP contribution in [0.3, 0.4) is 0 Å². The molecule has 0 atom stereocenters. The van der Waals surface area contributed by atoms with Crippen LogP contribution in [0, 0.1) is 13.8 Å². The first kappa shape index (κ1) is 21.4. The van der Waals surface area contributed by atoms with Gasteiger partial charge >= 0.3 is 0 Å². The van der Waals surface area contributed by atoms with E-state index >= 15 is 0 Å². The SMILES string of the molecule is C=CCOc1ccccc1/C=C1\SC(=O)N(CC(=O)Nc2ccc(C)cc2C)C1=O.